The van der Waals surface area contributed by atoms with Crippen LogP contribution in [0.3, 0.4) is 0 Å². The second-order valence-electron chi connectivity index (χ2n) is 6.63. The number of piperidine rings is 1. The minimum atomic E-state index is -4.34. The first kappa shape index (κ1) is 23.7. The van der Waals surface area contributed by atoms with Gasteiger partial charge in [-0.3, -0.25) is 9.69 Å². The fourth-order valence-electron chi connectivity index (χ4n) is 3.44. The molecule has 1 amide bonds. The summed E-state index contributed by atoms with van der Waals surface area (Å²) < 4.78 is 38.4. The minimum absolute atomic E-state index is 0. The van der Waals surface area contributed by atoms with E-state index in [2.05, 4.69) is 15.5 Å². The normalized spacial score (nSPS) is 16.7. The van der Waals surface area contributed by atoms with Gasteiger partial charge in [-0.15, -0.1) is 12.4 Å². The summed E-state index contributed by atoms with van der Waals surface area (Å²) in [7, 11) is 0. The zero-order valence-corrected chi connectivity index (χ0v) is 16.6. The number of carbonyl (C=O) groups excluding carboxylic acids is 1. The molecule has 2 rings (SSSR count). The second-order valence-corrected chi connectivity index (χ2v) is 6.63. The lowest BCUT2D eigenvalue weighted by Crippen LogP contribution is -2.42. The molecule has 0 aromatic heterocycles. The monoisotopic (exact) mass is 407 g/mol. The van der Waals surface area contributed by atoms with Crippen LogP contribution in [0.5, 0.6) is 0 Å². The number of hydrogen-bond donors (Lipinski definition) is 2. The van der Waals surface area contributed by atoms with Crippen LogP contribution in [0.2, 0.25) is 0 Å². The third-order valence-electron chi connectivity index (χ3n) is 5.06. The van der Waals surface area contributed by atoms with Crippen molar-refractivity contribution in [1.29, 1.82) is 0 Å². The maximum Gasteiger partial charge on any atom is 0.416 e. The summed E-state index contributed by atoms with van der Waals surface area (Å²) in [6.45, 7) is 7.62. The molecule has 1 atom stereocenters. The van der Waals surface area contributed by atoms with E-state index in [1.807, 2.05) is 13.8 Å². The highest BCUT2D eigenvalue weighted by atomic mass is 35.5. The summed E-state index contributed by atoms with van der Waals surface area (Å²) in [4.78, 5) is 14.6. The number of alkyl halides is 3. The van der Waals surface area contributed by atoms with Crippen LogP contribution in [-0.4, -0.2) is 43.5 Å². The van der Waals surface area contributed by atoms with E-state index in [0.717, 1.165) is 56.7 Å². The van der Waals surface area contributed by atoms with Gasteiger partial charge in [-0.05, 0) is 56.7 Å². The lowest BCUT2D eigenvalue weighted by molar-refractivity contribution is -0.137. The first-order chi connectivity index (χ1) is 12.4. The molecule has 154 valence electrons. The molecule has 0 spiro atoms. The van der Waals surface area contributed by atoms with Gasteiger partial charge in [0.25, 0.3) is 0 Å². The number of halogens is 4. The summed E-state index contributed by atoms with van der Waals surface area (Å²) in [5, 5.41) is 6.25. The van der Waals surface area contributed by atoms with Gasteiger partial charge < -0.3 is 10.6 Å². The Labute approximate surface area is 165 Å². The highest BCUT2D eigenvalue weighted by Gasteiger charge is 2.31. The summed E-state index contributed by atoms with van der Waals surface area (Å²) in [5.74, 6) is 0.0526. The molecule has 1 unspecified atom stereocenters. The lowest BCUT2D eigenvalue weighted by atomic mass is 9.96. The van der Waals surface area contributed by atoms with Gasteiger partial charge in [0.2, 0.25) is 5.91 Å². The molecule has 1 aliphatic heterocycles. The number of carbonyl (C=O) groups is 1. The van der Waals surface area contributed by atoms with Crippen LogP contribution in [-0.2, 0) is 11.0 Å². The molecule has 1 fully saturated rings. The average Bonchev–Trinajstić information content (AvgIpc) is 2.65. The lowest BCUT2D eigenvalue weighted by Gasteiger charge is -2.31. The van der Waals surface area contributed by atoms with Gasteiger partial charge in [-0.1, -0.05) is 26.0 Å². The van der Waals surface area contributed by atoms with E-state index in [1.165, 1.54) is 12.1 Å². The van der Waals surface area contributed by atoms with Gasteiger partial charge in [0.15, 0.2) is 0 Å². The zero-order chi connectivity index (χ0) is 19.2. The van der Waals surface area contributed by atoms with Crippen molar-refractivity contribution in [3.8, 4) is 0 Å². The third kappa shape index (κ3) is 6.66. The first-order valence-electron chi connectivity index (χ1n) is 9.26. The molecule has 0 aliphatic carbocycles. The quantitative estimate of drug-likeness (QED) is 0.725. The number of hydrogen-bond acceptors (Lipinski definition) is 3. The summed E-state index contributed by atoms with van der Waals surface area (Å²) in [6, 6.07) is 5.12. The van der Waals surface area contributed by atoms with Crippen molar-refractivity contribution >= 4 is 18.3 Å². The number of nitrogens with zero attached hydrogens (tertiary/aromatic N) is 1. The minimum Gasteiger partial charge on any atom is -0.354 e. The summed E-state index contributed by atoms with van der Waals surface area (Å²) in [5.41, 5.74) is 0.130. The maximum atomic E-state index is 12.8. The van der Waals surface area contributed by atoms with E-state index in [0.29, 0.717) is 6.54 Å². The number of rotatable bonds is 7. The predicted octanol–water partition coefficient (Wildman–Crippen LogP) is 3.63. The molecule has 4 nitrogen and oxygen atoms in total. The van der Waals surface area contributed by atoms with Crippen molar-refractivity contribution < 1.29 is 18.0 Å². The van der Waals surface area contributed by atoms with Gasteiger partial charge >= 0.3 is 6.18 Å². The topological polar surface area (TPSA) is 44.4 Å². The Morgan fingerprint density at radius 2 is 1.74 bits per heavy atom. The summed E-state index contributed by atoms with van der Waals surface area (Å²) in [6.07, 6.45) is -2.70. The molecule has 1 aromatic rings. The van der Waals surface area contributed by atoms with Gasteiger partial charge in [0, 0.05) is 12.5 Å². The Hall–Kier alpha value is -1.31. The highest BCUT2D eigenvalue weighted by molar-refractivity contribution is 5.85. The van der Waals surface area contributed by atoms with E-state index in [-0.39, 0.29) is 30.3 Å². The maximum absolute atomic E-state index is 12.8. The summed E-state index contributed by atoms with van der Waals surface area (Å²) >= 11 is 0. The van der Waals surface area contributed by atoms with Crippen LogP contribution < -0.4 is 10.6 Å². The highest BCUT2D eigenvalue weighted by Crippen LogP contribution is 2.30. The van der Waals surface area contributed by atoms with E-state index in [1.54, 1.807) is 0 Å². The standard InChI is InChI=1S/C19H28F3N3O.ClH/c1-3-25(4-2)17(13-24-18(26)15-9-11-23-12-10-15)14-5-7-16(8-6-14)19(20,21)22;/h5-8,15,17,23H,3-4,9-13H2,1-2H3,(H,24,26);1H. The smallest absolute Gasteiger partial charge is 0.354 e. The second kappa shape index (κ2) is 10.9. The Morgan fingerprint density at radius 3 is 2.22 bits per heavy atom. The molecule has 8 heteroatoms. The number of likely N-dealkylation sites (N-methyl/N-ethyl adjacent to an activating group) is 1. The van der Waals surface area contributed by atoms with Gasteiger partial charge in [-0.2, -0.15) is 13.2 Å². The molecule has 2 N–H and O–H groups in total. The van der Waals surface area contributed by atoms with Gasteiger partial charge in [0.1, 0.15) is 0 Å². The molecule has 1 aromatic carbocycles. The largest absolute Gasteiger partial charge is 0.416 e. The van der Waals surface area contributed by atoms with Crippen molar-refractivity contribution in [1.82, 2.24) is 15.5 Å². The SMILES string of the molecule is CCN(CC)C(CNC(=O)C1CCNCC1)c1ccc(C(F)(F)F)cc1.Cl. The van der Waals surface area contributed by atoms with Gasteiger partial charge in [-0.25, -0.2) is 0 Å². The Morgan fingerprint density at radius 1 is 1.19 bits per heavy atom. The van der Waals surface area contributed by atoms with Crippen LogP contribution >= 0.6 is 12.4 Å². The molecular weight excluding hydrogens is 379 g/mol. The van der Waals surface area contributed by atoms with E-state index >= 15 is 0 Å². The van der Waals surface area contributed by atoms with Crippen molar-refractivity contribution in [3.05, 3.63) is 35.4 Å². The van der Waals surface area contributed by atoms with Crippen LogP contribution in [0.15, 0.2) is 24.3 Å². The van der Waals surface area contributed by atoms with Crippen LogP contribution in [0.1, 0.15) is 43.9 Å². The fraction of sp³-hybridized carbons (Fsp3) is 0.632. The van der Waals surface area contributed by atoms with Crippen LogP contribution in [0.4, 0.5) is 13.2 Å². The van der Waals surface area contributed by atoms with E-state index in [9.17, 15) is 18.0 Å². The molecule has 1 saturated heterocycles. The van der Waals surface area contributed by atoms with Crippen molar-refractivity contribution in [3.63, 3.8) is 0 Å². The zero-order valence-electron chi connectivity index (χ0n) is 15.8. The van der Waals surface area contributed by atoms with Crippen molar-refractivity contribution in [2.75, 3.05) is 32.7 Å². The van der Waals surface area contributed by atoms with Crippen LogP contribution in [0, 0.1) is 5.92 Å². The fourth-order valence-corrected chi connectivity index (χ4v) is 3.44. The molecule has 0 bridgehead atoms. The van der Waals surface area contributed by atoms with Gasteiger partial charge in [0.05, 0.1) is 11.6 Å². The molecule has 27 heavy (non-hydrogen) atoms. The average molecular weight is 408 g/mol. The number of nitrogens with one attached hydrogen (secondary N) is 2. The van der Waals surface area contributed by atoms with E-state index in [4.69, 9.17) is 0 Å². The molecule has 1 aliphatic rings. The third-order valence-corrected chi connectivity index (χ3v) is 5.06. The molecule has 0 radical (unpaired) electrons. The Balaban J connectivity index is 0.00000364. The van der Waals surface area contributed by atoms with Crippen molar-refractivity contribution in [2.24, 2.45) is 5.92 Å². The molecule has 0 saturated carbocycles. The predicted molar refractivity (Wildman–Crippen MR) is 103 cm³/mol. The Bertz CT molecular complexity index is 571. The first-order valence-corrected chi connectivity index (χ1v) is 9.26. The number of benzene rings is 1. The van der Waals surface area contributed by atoms with E-state index < -0.39 is 11.7 Å². The number of amides is 1. The molecular formula is C19H29ClF3N3O. The van der Waals surface area contributed by atoms with Crippen LogP contribution in [0.25, 0.3) is 0 Å². The molecule has 1 heterocycles. The van der Waals surface area contributed by atoms with Crippen molar-refractivity contribution in [2.45, 2.75) is 38.9 Å². The Kier molecular flexibility index (Phi) is 9.56.